The second kappa shape index (κ2) is 6.40. The van der Waals surface area contributed by atoms with Crippen molar-refractivity contribution in [1.29, 1.82) is 0 Å². The highest BCUT2D eigenvalue weighted by Gasteiger charge is 2.26. The molecule has 1 heterocycles. The minimum Gasteiger partial charge on any atom is -0.508 e. The second-order valence-electron chi connectivity index (χ2n) is 5.68. The summed E-state index contributed by atoms with van der Waals surface area (Å²) in [5.74, 6) is 0.346. The lowest BCUT2D eigenvalue weighted by Gasteiger charge is -2.35. The van der Waals surface area contributed by atoms with E-state index >= 15 is 0 Å². The second-order valence-corrected chi connectivity index (χ2v) is 5.68. The molecule has 2 atom stereocenters. The van der Waals surface area contributed by atoms with Crippen molar-refractivity contribution in [3.8, 4) is 5.75 Å². The van der Waals surface area contributed by atoms with Crippen LogP contribution in [0.5, 0.6) is 5.75 Å². The van der Waals surface area contributed by atoms with E-state index in [-0.39, 0.29) is 0 Å². The Morgan fingerprint density at radius 2 is 1.95 bits per heavy atom. The first-order chi connectivity index (χ1) is 9.11. The molecule has 1 aliphatic rings. The molecule has 0 aliphatic carbocycles. The number of phenolic OH excluding ortho intramolecular Hbond substituents is 1. The number of phenols is 1. The van der Waals surface area contributed by atoms with Gasteiger partial charge in [-0.2, -0.15) is 0 Å². The summed E-state index contributed by atoms with van der Waals surface area (Å²) in [7, 11) is 2.22. The van der Waals surface area contributed by atoms with Crippen LogP contribution in [0.4, 0.5) is 0 Å². The number of rotatable bonds is 3. The Kier molecular flexibility index (Phi) is 4.83. The highest BCUT2D eigenvalue weighted by atomic mass is 16.3. The standard InChI is InChI=1S/C16H26N2O/c1-4-15-12-17(3)10-5-11-18(15)13(2)14-6-8-16(19)9-7-14/h6-9,13,15,19H,4-5,10-12H2,1-3H3. The van der Waals surface area contributed by atoms with E-state index in [0.29, 0.717) is 17.8 Å². The predicted octanol–water partition coefficient (Wildman–Crippen LogP) is 2.87. The molecular weight excluding hydrogens is 236 g/mol. The van der Waals surface area contributed by atoms with Crippen LogP contribution in [-0.4, -0.2) is 47.6 Å². The molecule has 2 unspecified atom stereocenters. The Morgan fingerprint density at radius 1 is 1.26 bits per heavy atom. The van der Waals surface area contributed by atoms with E-state index in [9.17, 15) is 5.11 Å². The lowest BCUT2D eigenvalue weighted by atomic mass is 10.0. The van der Waals surface area contributed by atoms with Crippen molar-refractivity contribution in [1.82, 2.24) is 9.80 Å². The van der Waals surface area contributed by atoms with Crippen molar-refractivity contribution in [2.45, 2.75) is 38.8 Å². The van der Waals surface area contributed by atoms with Crippen LogP contribution in [-0.2, 0) is 0 Å². The zero-order valence-corrected chi connectivity index (χ0v) is 12.3. The van der Waals surface area contributed by atoms with Gasteiger partial charge >= 0.3 is 0 Å². The quantitative estimate of drug-likeness (QED) is 0.907. The van der Waals surface area contributed by atoms with Crippen LogP contribution < -0.4 is 0 Å². The molecule has 2 rings (SSSR count). The number of nitrogens with zero attached hydrogens (tertiary/aromatic N) is 2. The molecule has 0 bridgehead atoms. The van der Waals surface area contributed by atoms with Gasteiger partial charge in [-0.05, 0) is 51.1 Å². The zero-order chi connectivity index (χ0) is 13.8. The molecule has 1 N–H and O–H groups in total. The topological polar surface area (TPSA) is 26.7 Å². The van der Waals surface area contributed by atoms with Gasteiger partial charge in [-0.1, -0.05) is 19.1 Å². The van der Waals surface area contributed by atoms with Gasteiger partial charge in [-0.25, -0.2) is 0 Å². The molecule has 19 heavy (non-hydrogen) atoms. The average molecular weight is 262 g/mol. The molecule has 1 fully saturated rings. The molecule has 0 spiro atoms. The fraction of sp³-hybridized carbons (Fsp3) is 0.625. The summed E-state index contributed by atoms with van der Waals surface area (Å²) in [6.07, 6.45) is 2.42. The summed E-state index contributed by atoms with van der Waals surface area (Å²) in [4.78, 5) is 5.06. The third-order valence-electron chi connectivity index (χ3n) is 4.29. The first-order valence-electron chi connectivity index (χ1n) is 7.35. The minimum absolute atomic E-state index is 0.346. The van der Waals surface area contributed by atoms with Crippen LogP contribution in [0.1, 0.15) is 38.3 Å². The maximum Gasteiger partial charge on any atom is 0.115 e. The molecule has 0 amide bonds. The molecule has 0 aromatic heterocycles. The molecule has 0 saturated carbocycles. The maximum atomic E-state index is 9.41. The van der Waals surface area contributed by atoms with Crippen molar-refractivity contribution < 1.29 is 5.11 Å². The predicted molar refractivity (Wildman–Crippen MR) is 79.4 cm³/mol. The highest BCUT2D eigenvalue weighted by Crippen LogP contribution is 2.27. The lowest BCUT2D eigenvalue weighted by Crippen LogP contribution is -2.41. The van der Waals surface area contributed by atoms with Crippen LogP contribution >= 0.6 is 0 Å². The van der Waals surface area contributed by atoms with Gasteiger partial charge in [0.2, 0.25) is 0 Å². The van der Waals surface area contributed by atoms with Crippen LogP contribution in [0.3, 0.4) is 0 Å². The number of hydrogen-bond acceptors (Lipinski definition) is 3. The van der Waals surface area contributed by atoms with E-state index in [1.165, 1.54) is 24.9 Å². The van der Waals surface area contributed by atoms with Crippen molar-refractivity contribution in [3.63, 3.8) is 0 Å². The average Bonchev–Trinajstić information content (AvgIpc) is 2.60. The van der Waals surface area contributed by atoms with E-state index < -0.39 is 0 Å². The maximum absolute atomic E-state index is 9.41. The Hall–Kier alpha value is -1.06. The third kappa shape index (κ3) is 3.48. The van der Waals surface area contributed by atoms with Gasteiger partial charge in [-0.15, -0.1) is 0 Å². The van der Waals surface area contributed by atoms with E-state index in [1.54, 1.807) is 12.1 Å². The van der Waals surface area contributed by atoms with E-state index in [4.69, 9.17) is 0 Å². The molecule has 3 nitrogen and oxygen atoms in total. The molecule has 3 heteroatoms. The Balaban J connectivity index is 2.15. The SMILES string of the molecule is CCC1CN(C)CCCN1C(C)c1ccc(O)cc1. The summed E-state index contributed by atoms with van der Waals surface area (Å²) in [6, 6.07) is 8.70. The lowest BCUT2D eigenvalue weighted by molar-refractivity contribution is 0.137. The highest BCUT2D eigenvalue weighted by molar-refractivity contribution is 5.27. The fourth-order valence-electron chi connectivity index (χ4n) is 3.08. The number of hydrogen-bond donors (Lipinski definition) is 1. The number of benzene rings is 1. The molecule has 1 aliphatic heterocycles. The van der Waals surface area contributed by atoms with Crippen LogP contribution in [0.15, 0.2) is 24.3 Å². The molecular formula is C16H26N2O. The summed E-state index contributed by atoms with van der Waals surface area (Å²) in [6.45, 7) is 8.06. The molecule has 0 radical (unpaired) electrons. The van der Waals surface area contributed by atoms with Gasteiger partial charge in [-0.3, -0.25) is 4.90 Å². The van der Waals surface area contributed by atoms with Gasteiger partial charge in [0.25, 0.3) is 0 Å². The monoisotopic (exact) mass is 262 g/mol. The largest absolute Gasteiger partial charge is 0.508 e. The first kappa shape index (κ1) is 14.4. The molecule has 106 valence electrons. The normalized spacial score (nSPS) is 24.1. The zero-order valence-electron chi connectivity index (χ0n) is 12.3. The van der Waals surface area contributed by atoms with E-state index in [1.807, 2.05) is 12.1 Å². The molecule has 1 saturated heterocycles. The van der Waals surface area contributed by atoms with Crippen molar-refractivity contribution in [2.75, 3.05) is 26.7 Å². The summed E-state index contributed by atoms with van der Waals surface area (Å²) in [5.41, 5.74) is 1.29. The van der Waals surface area contributed by atoms with Gasteiger partial charge in [0.15, 0.2) is 0 Å². The fourth-order valence-corrected chi connectivity index (χ4v) is 3.08. The third-order valence-corrected chi connectivity index (χ3v) is 4.29. The van der Waals surface area contributed by atoms with E-state index in [2.05, 4.69) is 30.7 Å². The Bertz CT molecular complexity index is 390. The van der Waals surface area contributed by atoms with Crippen LogP contribution in [0.25, 0.3) is 0 Å². The van der Waals surface area contributed by atoms with E-state index in [0.717, 1.165) is 13.1 Å². The van der Waals surface area contributed by atoms with Crippen molar-refractivity contribution >= 4 is 0 Å². The van der Waals surface area contributed by atoms with Crippen molar-refractivity contribution in [2.24, 2.45) is 0 Å². The smallest absolute Gasteiger partial charge is 0.115 e. The Morgan fingerprint density at radius 3 is 2.58 bits per heavy atom. The van der Waals surface area contributed by atoms with Gasteiger partial charge in [0.1, 0.15) is 5.75 Å². The van der Waals surface area contributed by atoms with Crippen molar-refractivity contribution in [3.05, 3.63) is 29.8 Å². The van der Waals surface area contributed by atoms with Crippen LogP contribution in [0, 0.1) is 0 Å². The van der Waals surface area contributed by atoms with Gasteiger partial charge in [0.05, 0.1) is 0 Å². The number of likely N-dealkylation sites (N-methyl/N-ethyl adjacent to an activating group) is 1. The first-order valence-corrected chi connectivity index (χ1v) is 7.35. The Labute approximate surface area is 116 Å². The molecule has 1 aromatic rings. The summed E-state index contributed by atoms with van der Waals surface area (Å²) >= 11 is 0. The summed E-state index contributed by atoms with van der Waals surface area (Å²) < 4.78 is 0. The minimum atomic E-state index is 0.346. The van der Waals surface area contributed by atoms with Crippen LogP contribution in [0.2, 0.25) is 0 Å². The summed E-state index contributed by atoms with van der Waals surface area (Å²) in [5, 5.41) is 9.41. The van der Waals surface area contributed by atoms with Gasteiger partial charge < -0.3 is 10.0 Å². The molecule has 1 aromatic carbocycles. The number of aromatic hydroxyl groups is 1. The van der Waals surface area contributed by atoms with Gasteiger partial charge in [0, 0.05) is 25.2 Å².